The van der Waals surface area contributed by atoms with Crippen LogP contribution in [-0.4, -0.2) is 39.4 Å². The highest BCUT2D eigenvalue weighted by atomic mass is 35.5. The van der Waals surface area contributed by atoms with Crippen LogP contribution in [0.4, 0.5) is 26.3 Å². The summed E-state index contributed by atoms with van der Waals surface area (Å²) in [5.41, 5.74) is -2.86. The van der Waals surface area contributed by atoms with Crippen LogP contribution in [0.2, 0.25) is 5.02 Å². The summed E-state index contributed by atoms with van der Waals surface area (Å²) in [7, 11) is 0.928. The molecule has 0 radical (unpaired) electrons. The molecule has 3 rings (SSSR count). The molecule has 7 nitrogen and oxygen atoms in total. The van der Waals surface area contributed by atoms with Crippen molar-refractivity contribution >= 4 is 23.4 Å². The lowest BCUT2D eigenvalue weighted by Gasteiger charge is -2.19. The first-order chi connectivity index (χ1) is 17.2. The second-order valence-corrected chi connectivity index (χ2v) is 8.31. The Kier molecular flexibility index (Phi) is 8.16. The first kappa shape index (κ1) is 28.0. The van der Waals surface area contributed by atoms with E-state index in [1.807, 2.05) is 0 Å². The van der Waals surface area contributed by atoms with E-state index in [1.165, 1.54) is 30.3 Å². The van der Waals surface area contributed by atoms with Crippen LogP contribution in [0.15, 0.2) is 53.3 Å². The lowest BCUT2D eigenvalue weighted by atomic mass is 9.89. The smallest absolute Gasteiger partial charge is 0.416 e. The van der Waals surface area contributed by atoms with Gasteiger partial charge in [0.2, 0.25) is 0 Å². The number of hydrogen-bond donors (Lipinski definition) is 0. The van der Waals surface area contributed by atoms with Crippen molar-refractivity contribution in [3.63, 3.8) is 0 Å². The molecular formula is C23H18ClF6N3O4. The Labute approximate surface area is 210 Å². The van der Waals surface area contributed by atoms with Gasteiger partial charge in [0, 0.05) is 17.0 Å². The number of esters is 1. The third-order valence-electron chi connectivity index (χ3n) is 5.25. The van der Waals surface area contributed by atoms with Gasteiger partial charge < -0.3 is 4.74 Å². The zero-order valence-corrected chi connectivity index (χ0v) is 19.7. The van der Waals surface area contributed by atoms with Crippen LogP contribution in [0.3, 0.4) is 0 Å². The standard InChI is InChI=1S/C23H18ClF6N3O4/c1-37-20(35)17(16-4-2-3-5-18(16)23(28,29)30)10-15(34)11-33-21(36)32(12-22(25,26)27)19(31-33)13-6-8-14(24)9-7-13/h2-9,17H,10-12H2,1H3. The van der Waals surface area contributed by atoms with Gasteiger partial charge in [0.05, 0.1) is 18.6 Å². The van der Waals surface area contributed by atoms with E-state index in [-0.39, 0.29) is 10.6 Å². The van der Waals surface area contributed by atoms with E-state index in [2.05, 4.69) is 9.84 Å². The Bertz CT molecular complexity index is 1350. The zero-order chi connectivity index (χ0) is 27.5. The van der Waals surface area contributed by atoms with Crippen molar-refractivity contribution in [1.29, 1.82) is 0 Å². The predicted octanol–water partition coefficient (Wildman–Crippen LogP) is 4.86. The maximum Gasteiger partial charge on any atom is 0.416 e. The first-order valence-corrected chi connectivity index (χ1v) is 10.8. The molecule has 1 heterocycles. The monoisotopic (exact) mass is 549 g/mol. The second-order valence-electron chi connectivity index (χ2n) is 7.88. The molecule has 3 aromatic rings. The Morgan fingerprint density at radius 3 is 2.22 bits per heavy atom. The molecular weight excluding hydrogens is 532 g/mol. The van der Waals surface area contributed by atoms with Gasteiger partial charge in [-0.1, -0.05) is 29.8 Å². The minimum atomic E-state index is -4.84. The molecule has 2 aromatic carbocycles. The molecule has 0 saturated heterocycles. The van der Waals surface area contributed by atoms with Crippen LogP contribution in [0.25, 0.3) is 11.4 Å². The highest BCUT2D eigenvalue weighted by molar-refractivity contribution is 6.30. The van der Waals surface area contributed by atoms with E-state index in [0.717, 1.165) is 25.3 Å². The number of ether oxygens (including phenoxy) is 1. The van der Waals surface area contributed by atoms with Crippen LogP contribution >= 0.6 is 11.6 Å². The molecule has 198 valence electrons. The van der Waals surface area contributed by atoms with Crippen molar-refractivity contribution in [1.82, 2.24) is 14.3 Å². The topological polar surface area (TPSA) is 83.2 Å². The summed E-state index contributed by atoms with van der Waals surface area (Å²) in [4.78, 5) is 37.8. The molecule has 14 heteroatoms. The summed E-state index contributed by atoms with van der Waals surface area (Å²) in [6, 6.07) is 9.47. The average molecular weight is 550 g/mol. The Hall–Kier alpha value is -3.61. The quantitative estimate of drug-likeness (QED) is 0.296. The van der Waals surface area contributed by atoms with Crippen molar-refractivity contribution in [2.24, 2.45) is 0 Å². The summed E-state index contributed by atoms with van der Waals surface area (Å²) in [6.45, 7) is -2.60. The van der Waals surface area contributed by atoms with Crippen LogP contribution in [0, 0.1) is 0 Å². The van der Waals surface area contributed by atoms with E-state index >= 15 is 0 Å². The normalized spacial score (nSPS) is 12.9. The molecule has 0 aliphatic rings. The maximum atomic E-state index is 13.5. The Morgan fingerprint density at radius 1 is 1.03 bits per heavy atom. The lowest BCUT2D eigenvalue weighted by molar-refractivity contribution is -0.146. The molecule has 0 aliphatic heterocycles. The third kappa shape index (κ3) is 6.79. The van der Waals surface area contributed by atoms with Gasteiger partial charge in [-0.05, 0) is 35.9 Å². The number of aromatic nitrogens is 3. The van der Waals surface area contributed by atoms with E-state index < -0.39 is 72.2 Å². The number of carbonyl (C=O) groups is 2. The summed E-state index contributed by atoms with van der Waals surface area (Å²) in [5.74, 6) is -4.16. The minimum absolute atomic E-state index is 0.100. The van der Waals surface area contributed by atoms with E-state index in [9.17, 15) is 40.7 Å². The number of carbonyl (C=O) groups excluding carboxylic acids is 2. The summed E-state index contributed by atoms with van der Waals surface area (Å²) >= 11 is 5.80. The van der Waals surface area contributed by atoms with Crippen LogP contribution in [0.5, 0.6) is 0 Å². The molecule has 0 bridgehead atoms. The van der Waals surface area contributed by atoms with Gasteiger partial charge in [-0.25, -0.2) is 9.48 Å². The number of alkyl halides is 6. The average Bonchev–Trinajstić information content (AvgIpc) is 3.10. The van der Waals surface area contributed by atoms with Gasteiger partial charge in [0.1, 0.15) is 13.1 Å². The van der Waals surface area contributed by atoms with Crippen molar-refractivity contribution < 1.29 is 40.7 Å². The van der Waals surface area contributed by atoms with E-state index in [0.29, 0.717) is 9.25 Å². The number of Topliss-reactive ketones (excluding diaryl/α,β-unsaturated/α-hetero) is 1. The fraction of sp³-hybridized carbons (Fsp3) is 0.304. The number of ketones is 1. The largest absolute Gasteiger partial charge is 0.469 e. The molecule has 0 amide bonds. The number of nitrogens with zero attached hydrogens (tertiary/aromatic N) is 3. The fourth-order valence-corrected chi connectivity index (χ4v) is 3.79. The van der Waals surface area contributed by atoms with Crippen molar-refractivity contribution in [3.05, 3.63) is 75.2 Å². The number of halogens is 7. The molecule has 0 spiro atoms. The molecule has 0 saturated carbocycles. The Balaban J connectivity index is 1.97. The molecule has 37 heavy (non-hydrogen) atoms. The maximum absolute atomic E-state index is 13.5. The fourth-order valence-electron chi connectivity index (χ4n) is 3.66. The first-order valence-electron chi connectivity index (χ1n) is 10.5. The number of rotatable bonds is 8. The van der Waals surface area contributed by atoms with Crippen molar-refractivity contribution in [3.8, 4) is 11.4 Å². The molecule has 0 fully saturated rings. The van der Waals surface area contributed by atoms with Gasteiger partial charge >= 0.3 is 24.0 Å². The number of methoxy groups -OCH3 is 1. The lowest BCUT2D eigenvalue weighted by Crippen LogP contribution is -2.32. The Morgan fingerprint density at radius 2 is 1.65 bits per heavy atom. The third-order valence-corrected chi connectivity index (χ3v) is 5.50. The van der Waals surface area contributed by atoms with E-state index in [1.54, 1.807) is 0 Å². The molecule has 1 unspecified atom stereocenters. The highest BCUT2D eigenvalue weighted by Gasteiger charge is 2.38. The highest BCUT2D eigenvalue weighted by Crippen LogP contribution is 2.36. The minimum Gasteiger partial charge on any atom is -0.469 e. The number of hydrogen-bond acceptors (Lipinski definition) is 5. The molecule has 0 N–H and O–H groups in total. The van der Waals surface area contributed by atoms with E-state index in [4.69, 9.17) is 11.6 Å². The number of benzene rings is 2. The second kappa shape index (κ2) is 10.8. The van der Waals surface area contributed by atoms with Gasteiger partial charge in [0.25, 0.3) is 0 Å². The predicted molar refractivity (Wildman–Crippen MR) is 119 cm³/mol. The van der Waals surface area contributed by atoms with Gasteiger partial charge in [-0.2, -0.15) is 26.3 Å². The summed E-state index contributed by atoms with van der Waals surface area (Å²) in [5, 5.41) is 4.12. The summed E-state index contributed by atoms with van der Waals surface area (Å²) < 4.78 is 85.2. The summed E-state index contributed by atoms with van der Waals surface area (Å²) in [6.07, 6.45) is -10.5. The van der Waals surface area contributed by atoms with Crippen LogP contribution < -0.4 is 5.69 Å². The van der Waals surface area contributed by atoms with Gasteiger partial charge in [0.15, 0.2) is 11.6 Å². The molecule has 0 aliphatic carbocycles. The SMILES string of the molecule is COC(=O)C(CC(=O)Cn1nc(-c2ccc(Cl)cc2)n(CC(F)(F)F)c1=O)c1ccccc1C(F)(F)F. The molecule has 1 aromatic heterocycles. The van der Waals surface area contributed by atoms with Crippen LogP contribution in [-0.2, 0) is 33.6 Å². The van der Waals surface area contributed by atoms with Gasteiger partial charge in [-0.3, -0.25) is 14.2 Å². The van der Waals surface area contributed by atoms with Gasteiger partial charge in [-0.15, -0.1) is 5.10 Å². The van der Waals surface area contributed by atoms with Crippen molar-refractivity contribution in [2.45, 2.75) is 37.8 Å². The molecule has 1 atom stereocenters. The van der Waals surface area contributed by atoms with Crippen LogP contribution in [0.1, 0.15) is 23.5 Å². The zero-order valence-electron chi connectivity index (χ0n) is 18.9. The van der Waals surface area contributed by atoms with Crippen molar-refractivity contribution in [2.75, 3.05) is 7.11 Å².